The fraction of sp³-hybridized carbons (Fsp3) is 1.00. The Hall–Kier alpha value is -0.0400. The van der Waals surface area contributed by atoms with E-state index in [1.54, 1.807) is 38.5 Å². The van der Waals surface area contributed by atoms with Crippen LogP contribution >= 0.6 is 0 Å². The molecule has 4 aliphatic rings. The summed E-state index contributed by atoms with van der Waals surface area (Å²) in [5, 5.41) is 0. The van der Waals surface area contributed by atoms with Crippen LogP contribution in [-0.2, 0) is 0 Å². The smallest absolute Gasteiger partial charge is 0.00355 e. The van der Waals surface area contributed by atoms with Gasteiger partial charge in [0.1, 0.15) is 0 Å². The third-order valence-corrected chi connectivity index (χ3v) is 5.51. The van der Waals surface area contributed by atoms with Crippen molar-refractivity contribution in [2.75, 3.05) is 20.1 Å². The zero-order chi connectivity index (χ0) is 13.0. The summed E-state index contributed by atoms with van der Waals surface area (Å²) in [6.45, 7) is 9.71. The zero-order valence-electron chi connectivity index (χ0n) is 12.8. The summed E-state index contributed by atoms with van der Waals surface area (Å²) in [4.78, 5) is 2.63. The first-order chi connectivity index (χ1) is 8.34. The molecule has 1 heteroatoms. The van der Waals surface area contributed by atoms with Gasteiger partial charge in [0.15, 0.2) is 0 Å². The van der Waals surface area contributed by atoms with Gasteiger partial charge in [-0.15, -0.1) is 0 Å². The van der Waals surface area contributed by atoms with Gasteiger partial charge in [0.25, 0.3) is 0 Å². The molecule has 0 N–H and O–H groups in total. The van der Waals surface area contributed by atoms with Gasteiger partial charge in [-0.2, -0.15) is 0 Å². The molecule has 4 saturated carbocycles. The highest BCUT2D eigenvalue weighted by atomic mass is 15.1. The summed E-state index contributed by atoms with van der Waals surface area (Å²) in [6, 6.07) is 0. The number of nitrogens with zero attached hydrogens (tertiary/aromatic N) is 1. The molecule has 104 valence electrons. The summed E-state index contributed by atoms with van der Waals surface area (Å²) in [6.07, 6.45) is 9.36. The Morgan fingerprint density at radius 3 is 1.78 bits per heavy atom. The minimum atomic E-state index is 0.442. The van der Waals surface area contributed by atoms with Crippen LogP contribution in [0.4, 0.5) is 0 Å². The number of hydrogen-bond donors (Lipinski definition) is 0. The molecule has 4 fully saturated rings. The van der Waals surface area contributed by atoms with Gasteiger partial charge in [-0.25, -0.2) is 0 Å². The Kier molecular flexibility index (Phi) is 3.05. The minimum absolute atomic E-state index is 0.442. The average Bonchev–Trinajstić information content (AvgIpc) is 2.09. The highest BCUT2D eigenvalue weighted by Crippen LogP contribution is 2.60. The minimum Gasteiger partial charge on any atom is -0.305 e. The lowest BCUT2D eigenvalue weighted by Crippen LogP contribution is -2.51. The van der Waals surface area contributed by atoms with Gasteiger partial charge in [0.05, 0.1) is 0 Å². The summed E-state index contributed by atoms with van der Waals surface area (Å²) >= 11 is 0. The largest absolute Gasteiger partial charge is 0.305 e. The summed E-state index contributed by atoms with van der Waals surface area (Å²) in [7, 11) is 2.35. The van der Waals surface area contributed by atoms with Gasteiger partial charge in [0.2, 0.25) is 0 Å². The Labute approximate surface area is 113 Å². The van der Waals surface area contributed by atoms with Gasteiger partial charge >= 0.3 is 0 Å². The molecule has 1 nitrogen and oxygen atoms in total. The van der Waals surface area contributed by atoms with Crippen molar-refractivity contribution in [3.05, 3.63) is 0 Å². The average molecular weight is 249 g/mol. The Balaban J connectivity index is 1.65. The second-order valence-corrected chi connectivity index (χ2v) is 9.15. The zero-order valence-corrected chi connectivity index (χ0v) is 12.8. The molecular formula is C17H31N. The second kappa shape index (κ2) is 4.23. The van der Waals surface area contributed by atoms with Crippen molar-refractivity contribution in [1.82, 2.24) is 4.90 Å². The molecule has 0 aromatic heterocycles. The van der Waals surface area contributed by atoms with E-state index in [1.165, 1.54) is 13.1 Å². The maximum atomic E-state index is 2.63. The fourth-order valence-electron chi connectivity index (χ4n) is 5.92. The molecule has 0 heterocycles. The molecule has 0 spiro atoms. The first-order valence-electron chi connectivity index (χ1n) is 8.02. The van der Waals surface area contributed by atoms with E-state index in [1.807, 2.05) is 0 Å². The van der Waals surface area contributed by atoms with Crippen molar-refractivity contribution >= 4 is 0 Å². The number of rotatable bonds is 3. The molecule has 0 saturated heterocycles. The molecule has 0 aromatic rings. The highest BCUT2D eigenvalue weighted by Gasteiger charge is 2.51. The van der Waals surface area contributed by atoms with Crippen LogP contribution in [0.25, 0.3) is 0 Å². The van der Waals surface area contributed by atoms with Crippen molar-refractivity contribution in [2.45, 2.75) is 59.3 Å². The van der Waals surface area contributed by atoms with Gasteiger partial charge in [-0.3, -0.25) is 0 Å². The van der Waals surface area contributed by atoms with E-state index >= 15 is 0 Å². The van der Waals surface area contributed by atoms with Crippen molar-refractivity contribution in [3.63, 3.8) is 0 Å². The third-order valence-electron chi connectivity index (χ3n) is 5.51. The molecule has 0 aliphatic heterocycles. The molecule has 0 amide bonds. The first-order valence-corrected chi connectivity index (χ1v) is 8.02. The van der Waals surface area contributed by atoms with E-state index < -0.39 is 0 Å². The predicted octanol–water partition coefficient (Wildman–Crippen LogP) is 4.18. The van der Waals surface area contributed by atoms with Crippen molar-refractivity contribution in [1.29, 1.82) is 0 Å². The van der Waals surface area contributed by atoms with E-state index in [9.17, 15) is 0 Å². The summed E-state index contributed by atoms with van der Waals surface area (Å²) in [5.41, 5.74) is 1.16. The molecule has 4 bridgehead atoms. The maximum Gasteiger partial charge on any atom is 0.00355 e. The van der Waals surface area contributed by atoms with Crippen LogP contribution in [0, 0.1) is 28.6 Å². The van der Waals surface area contributed by atoms with Gasteiger partial charge in [0, 0.05) is 13.1 Å². The van der Waals surface area contributed by atoms with Crippen LogP contribution in [0.1, 0.15) is 59.3 Å². The molecule has 0 atom stereocenters. The van der Waals surface area contributed by atoms with Gasteiger partial charge in [-0.05, 0) is 74.2 Å². The van der Waals surface area contributed by atoms with E-state index in [-0.39, 0.29) is 0 Å². The fourth-order valence-corrected chi connectivity index (χ4v) is 5.92. The second-order valence-electron chi connectivity index (χ2n) is 9.15. The van der Waals surface area contributed by atoms with Crippen molar-refractivity contribution in [2.24, 2.45) is 28.6 Å². The van der Waals surface area contributed by atoms with Crippen molar-refractivity contribution < 1.29 is 0 Å². The Morgan fingerprint density at radius 1 is 0.944 bits per heavy atom. The molecular weight excluding hydrogens is 218 g/mol. The standard InChI is InChI=1S/C17H31N/c1-16(2,3)11-18(4)12-17-8-13-5-14(9-17)7-15(6-13)10-17/h13-15H,5-12H2,1-4H3. The predicted molar refractivity (Wildman–Crippen MR) is 77.6 cm³/mol. The Bertz CT molecular complexity index is 277. The monoisotopic (exact) mass is 249 g/mol. The number of hydrogen-bond acceptors (Lipinski definition) is 1. The van der Waals surface area contributed by atoms with Crippen LogP contribution in [-0.4, -0.2) is 25.0 Å². The molecule has 0 aromatic carbocycles. The lowest BCUT2D eigenvalue weighted by atomic mass is 9.49. The molecule has 0 unspecified atom stereocenters. The maximum absolute atomic E-state index is 2.63. The SMILES string of the molecule is CN(CC(C)(C)C)CC12CC3CC(CC(C3)C1)C2. The molecule has 18 heavy (non-hydrogen) atoms. The van der Waals surface area contributed by atoms with E-state index in [2.05, 4.69) is 32.7 Å². The summed E-state index contributed by atoms with van der Waals surface area (Å²) in [5.74, 6) is 3.29. The van der Waals surface area contributed by atoms with Gasteiger partial charge in [-0.1, -0.05) is 20.8 Å². The highest BCUT2D eigenvalue weighted by molar-refractivity contribution is 5.02. The molecule has 4 rings (SSSR count). The van der Waals surface area contributed by atoms with E-state index in [0.29, 0.717) is 5.41 Å². The van der Waals surface area contributed by atoms with Crippen LogP contribution < -0.4 is 0 Å². The normalized spacial score (nSPS) is 42.8. The molecule has 0 radical (unpaired) electrons. The van der Waals surface area contributed by atoms with Crippen LogP contribution in [0.5, 0.6) is 0 Å². The lowest BCUT2D eigenvalue weighted by Gasteiger charge is -2.58. The van der Waals surface area contributed by atoms with Gasteiger partial charge < -0.3 is 4.90 Å². The lowest BCUT2D eigenvalue weighted by molar-refractivity contribution is -0.0685. The Morgan fingerprint density at radius 2 is 1.39 bits per heavy atom. The quantitative estimate of drug-likeness (QED) is 0.725. The van der Waals surface area contributed by atoms with Crippen LogP contribution in [0.3, 0.4) is 0 Å². The summed E-state index contributed by atoms with van der Waals surface area (Å²) < 4.78 is 0. The topological polar surface area (TPSA) is 3.24 Å². The van der Waals surface area contributed by atoms with E-state index in [4.69, 9.17) is 0 Å². The third kappa shape index (κ3) is 2.61. The van der Waals surface area contributed by atoms with Crippen molar-refractivity contribution in [3.8, 4) is 0 Å². The van der Waals surface area contributed by atoms with Crippen LogP contribution in [0.2, 0.25) is 0 Å². The van der Waals surface area contributed by atoms with E-state index in [0.717, 1.165) is 23.2 Å². The first kappa shape index (κ1) is 13.0. The van der Waals surface area contributed by atoms with Crippen LogP contribution in [0.15, 0.2) is 0 Å². The molecule has 4 aliphatic carbocycles.